The lowest BCUT2D eigenvalue weighted by molar-refractivity contribution is -0.156. The fourth-order valence-electron chi connectivity index (χ4n) is 3.69. The van der Waals surface area contributed by atoms with Crippen LogP contribution in [0.2, 0.25) is 0 Å². The molecule has 5 heteroatoms. The molecule has 0 aromatic rings. The monoisotopic (exact) mass is 303 g/mol. The van der Waals surface area contributed by atoms with Crippen molar-refractivity contribution in [1.29, 1.82) is 0 Å². The number of rotatable bonds is 5. The van der Waals surface area contributed by atoms with E-state index in [0.717, 1.165) is 25.8 Å². The number of hydrogen-bond donors (Lipinski definition) is 0. The molecular formula is C17H25N3O2. The molecule has 22 heavy (non-hydrogen) atoms. The number of terminal acetylenes is 1. The van der Waals surface area contributed by atoms with Gasteiger partial charge in [0, 0.05) is 38.8 Å². The van der Waals surface area contributed by atoms with Crippen LogP contribution in [0.3, 0.4) is 0 Å². The van der Waals surface area contributed by atoms with Gasteiger partial charge in [-0.2, -0.15) is 10.2 Å². The van der Waals surface area contributed by atoms with Gasteiger partial charge in [-0.1, -0.05) is 19.3 Å². The summed E-state index contributed by atoms with van der Waals surface area (Å²) in [7, 11) is 0. The van der Waals surface area contributed by atoms with Crippen LogP contribution in [-0.4, -0.2) is 41.8 Å². The van der Waals surface area contributed by atoms with E-state index in [4.69, 9.17) is 11.2 Å². The fourth-order valence-corrected chi connectivity index (χ4v) is 3.69. The van der Waals surface area contributed by atoms with Crippen molar-refractivity contribution in [3.63, 3.8) is 0 Å². The molecule has 1 saturated carbocycles. The molecule has 1 spiro atoms. The Labute approximate surface area is 132 Å². The number of nitrogens with zero attached hydrogens (tertiary/aromatic N) is 3. The Morgan fingerprint density at radius 2 is 2.00 bits per heavy atom. The van der Waals surface area contributed by atoms with Gasteiger partial charge in [0.05, 0.1) is 12.2 Å². The number of carbonyl (C=O) groups excluding carboxylic acids is 1. The van der Waals surface area contributed by atoms with Crippen molar-refractivity contribution < 1.29 is 9.53 Å². The maximum Gasteiger partial charge on any atom is 0.222 e. The van der Waals surface area contributed by atoms with Gasteiger partial charge in [-0.3, -0.25) is 4.79 Å². The van der Waals surface area contributed by atoms with Crippen LogP contribution in [0.1, 0.15) is 57.8 Å². The summed E-state index contributed by atoms with van der Waals surface area (Å²) >= 11 is 0. The van der Waals surface area contributed by atoms with E-state index in [1.165, 1.54) is 19.3 Å². The minimum atomic E-state index is -0.350. The molecule has 120 valence electrons. The second kappa shape index (κ2) is 6.37. The van der Waals surface area contributed by atoms with Gasteiger partial charge < -0.3 is 9.64 Å². The van der Waals surface area contributed by atoms with Crippen LogP contribution in [0.5, 0.6) is 0 Å². The van der Waals surface area contributed by atoms with Crippen molar-refractivity contribution >= 4 is 5.91 Å². The van der Waals surface area contributed by atoms with E-state index in [1.54, 1.807) is 0 Å². The van der Waals surface area contributed by atoms with Crippen molar-refractivity contribution in [3.05, 3.63) is 0 Å². The molecule has 0 bridgehead atoms. The molecule has 2 heterocycles. The van der Waals surface area contributed by atoms with Crippen LogP contribution in [-0.2, 0) is 9.53 Å². The van der Waals surface area contributed by atoms with E-state index in [0.29, 0.717) is 32.4 Å². The van der Waals surface area contributed by atoms with E-state index in [9.17, 15) is 4.79 Å². The number of hydrogen-bond acceptors (Lipinski definition) is 4. The summed E-state index contributed by atoms with van der Waals surface area (Å²) < 4.78 is 6.04. The van der Waals surface area contributed by atoms with E-state index in [-0.39, 0.29) is 17.2 Å². The van der Waals surface area contributed by atoms with Crippen LogP contribution in [0.25, 0.3) is 0 Å². The standard InChI is InChI=1S/C17H25N3O2/c1-2-3-10-17(18-19-17)11-7-15(21)20-12-13-22-16(14-20)8-5-4-6-9-16/h1H,3-14H2. The zero-order valence-corrected chi connectivity index (χ0v) is 13.2. The molecule has 0 atom stereocenters. The first kappa shape index (κ1) is 15.5. The van der Waals surface area contributed by atoms with Crippen LogP contribution in [0, 0.1) is 12.3 Å². The highest BCUT2D eigenvalue weighted by molar-refractivity contribution is 5.76. The third-order valence-corrected chi connectivity index (χ3v) is 5.16. The third kappa shape index (κ3) is 3.49. The molecule has 0 radical (unpaired) electrons. The van der Waals surface area contributed by atoms with E-state index in [1.807, 2.05) is 4.90 Å². The molecular weight excluding hydrogens is 278 g/mol. The lowest BCUT2D eigenvalue weighted by Crippen LogP contribution is -2.54. The lowest BCUT2D eigenvalue weighted by atomic mass is 9.83. The molecule has 2 aliphatic heterocycles. The lowest BCUT2D eigenvalue weighted by Gasteiger charge is -2.45. The maximum absolute atomic E-state index is 12.5. The smallest absolute Gasteiger partial charge is 0.222 e. The third-order valence-electron chi connectivity index (χ3n) is 5.16. The number of amides is 1. The predicted octanol–water partition coefficient (Wildman–Crippen LogP) is 2.90. The maximum atomic E-state index is 12.5. The van der Waals surface area contributed by atoms with E-state index < -0.39 is 0 Å². The molecule has 0 N–H and O–H groups in total. The van der Waals surface area contributed by atoms with Gasteiger partial charge in [0.2, 0.25) is 5.91 Å². The molecule has 3 rings (SSSR count). The Morgan fingerprint density at radius 3 is 2.68 bits per heavy atom. The molecule has 0 unspecified atom stereocenters. The quantitative estimate of drug-likeness (QED) is 0.733. The van der Waals surface area contributed by atoms with Gasteiger partial charge in [0.1, 0.15) is 0 Å². The van der Waals surface area contributed by atoms with Gasteiger partial charge in [0.25, 0.3) is 0 Å². The molecule has 1 aliphatic carbocycles. The SMILES string of the molecule is C#CCCC1(CCC(=O)N2CCOC3(CCCCC3)C2)N=N1. The van der Waals surface area contributed by atoms with Gasteiger partial charge in [-0.25, -0.2) is 0 Å². The summed E-state index contributed by atoms with van der Waals surface area (Å²) in [5.74, 6) is 2.84. The highest BCUT2D eigenvalue weighted by Gasteiger charge is 2.42. The number of carbonyl (C=O) groups is 1. The molecule has 3 aliphatic rings. The van der Waals surface area contributed by atoms with Gasteiger partial charge in [0.15, 0.2) is 5.66 Å². The topological polar surface area (TPSA) is 54.3 Å². The van der Waals surface area contributed by atoms with Crippen LogP contribution in [0.15, 0.2) is 10.2 Å². The van der Waals surface area contributed by atoms with Crippen molar-refractivity contribution in [3.8, 4) is 12.3 Å². The Morgan fingerprint density at radius 1 is 1.23 bits per heavy atom. The summed E-state index contributed by atoms with van der Waals surface area (Å²) in [6, 6.07) is 0. The first-order valence-corrected chi connectivity index (χ1v) is 8.46. The fraction of sp³-hybridized carbons (Fsp3) is 0.824. The Bertz CT molecular complexity index is 477. The average Bonchev–Trinajstić information content (AvgIpc) is 3.32. The largest absolute Gasteiger partial charge is 0.371 e. The second-order valence-corrected chi connectivity index (χ2v) is 6.79. The molecule has 2 fully saturated rings. The number of morpholine rings is 1. The summed E-state index contributed by atoms with van der Waals surface area (Å²) in [4.78, 5) is 14.5. The Kier molecular flexibility index (Phi) is 4.49. The van der Waals surface area contributed by atoms with E-state index >= 15 is 0 Å². The minimum absolute atomic E-state index is 0.0678. The predicted molar refractivity (Wildman–Crippen MR) is 83.2 cm³/mol. The van der Waals surface area contributed by atoms with Crippen molar-refractivity contribution in [1.82, 2.24) is 4.90 Å². The van der Waals surface area contributed by atoms with Crippen molar-refractivity contribution in [2.45, 2.75) is 69.1 Å². The normalized spacial score (nSPS) is 25.0. The van der Waals surface area contributed by atoms with Gasteiger partial charge in [-0.15, -0.1) is 12.3 Å². The molecule has 0 aromatic heterocycles. The first-order valence-electron chi connectivity index (χ1n) is 8.46. The average molecular weight is 303 g/mol. The molecule has 0 aromatic carbocycles. The summed E-state index contributed by atoms with van der Waals surface area (Å²) in [6.45, 7) is 2.15. The zero-order chi connectivity index (χ0) is 15.5. The van der Waals surface area contributed by atoms with Crippen LogP contribution >= 0.6 is 0 Å². The van der Waals surface area contributed by atoms with Gasteiger partial charge in [-0.05, 0) is 12.8 Å². The number of ether oxygens (including phenoxy) is 1. The van der Waals surface area contributed by atoms with Crippen LogP contribution in [0.4, 0.5) is 0 Å². The first-order chi connectivity index (χ1) is 10.7. The van der Waals surface area contributed by atoms with Gasteiger partial charge >= 0.3 is 0 Å². The summed E-state index contributed by atoms with van der Waals surface area (Å²) in [5.41, 5.74) is -0.418. The Balaban J connectivity index is 1.49. The summed E-state index contributed by atoms with van der Waals surface area (Å²) in [6.07, 6.45) is 13.8. The minimum Gasteiger partial charge on any atom is -0.371 e. The highest BCUT2D eigenvalue weighted by Crippen LogP contribution is 2.38. The van der Waals surface area contributed by atoms with Crippen molar-refractivity contribution in [2.24, 2.45) is 10.2 Å². The highest BCUT2D eigenvalue weighted by atomic mass is 16.5. The molecule has 1 saturated heterocycles. The van der Waals surface area contributed by atoms with E-state index in [2.05, 4.69) is 16.1 Å². The van der Waals surface area contributed by atoms with Crippen LogP contribution < -0.4 is 0 Å². The molecule has 5 nitrogen and oxygen atoms in total. The summed E-state index contributed by atoms with van der Waals surface area (Å²) in [5, 5.41) is 8.21. The molecule has 1 amide bonds. The second-order valence-electron chi connectivity index (χ2n) is 6.79. The zero-order valence-electron chi connectivity index (χ0n) is 13.2. The Hall–Kier alpha value is -1.41. The van der Waals surface area contributed by atoms with Crippen molar-refractivity contribution in [2.75, 3.05) is 19.7 Å².